The SMILES string of the molecule is CC(=O)N(C)CCN(C)c1cncc(Oc2ccc(-c3ccc(CCN)cc3)cc2)n1. The van der Waals surface area contributed by atoms with Gasteiger partial charge in [-0.1, -0.05) is 36.4 Å². The van der Waals surface area contributed by atoms with Crippen LogP contribution in [0.5, 0.6) is 11.6 Å². The van der Waals surface area contributed by atoms with Crippen molar-refractivity contribution in [1.82, 2.24) is 14.9 Å². The lowest BCUT2D eigenvalue weighted by atomic mass is 10.0. The van der Waals surface area contributed by atoms with E-state index in [1.54, 1.807) is 31.3 Å². The van der Waals surface area contributed by atoms with Gasteiger partial charge in [-0.3, -0.25) is 9.78 Å². The van der Waals surface area contributed by atoms with E-state index in [1.165, 1.54) is 5.56 Å². The van der Waals surface area contributed by atoms with Gasteiger partial charge in [-0.05, 0) is 41.8 Å². The highest BCUT2D eigenvalue weighted by atomic mass is 16.5. The van der Waals surface area contributed by atoms with Gasteiger partial charge in [-0.25, -0.2) is 0 Å². The van der Waals surface area contributed by atoms with Crippen molar-refractivity contribution < 1.29 is 9.53 Å². The van der Waals surface area contributed by atoms with Crippen molar-refractivity contribution in [3.8, 4) is 22.8 Å². The molecule has 0 bridgehead atoms. The number of nitrogens with zero attached hydrogens (tertiary/aromatic N) is 4. The van der Waals surface area contributed by atoms with E-state index < -0.39 is 0 Å². The summed E-state index contributed by atoms with van der Waals surface area (Å²) >= 11 is 0. The lowest BCUT2D eigenvalue weighted by molar-refractivity contribution is -0.127. The molecule has 2 aromatic carbocycles. The second-order valence-corrected chi connectivity index (χ2v) is 7.44. The monoisotopic (exact) mass is 419 g/mol. The summed E-state index contributed by atoms with van der Waals surface area (Å²) in [6, 6.07) is 16.3. The van der Waals surface area contributed by atoms with Crippen molar-refractivity contribution in [3.63, 3.8) is 0 Å². The average molecular weight is 420 g/mol. The zero-order valence-corrected chi connectivity index (χ0v) is 18.3. The molecule has 3 aromatic rings. The van der Waals surface area contributed by atoms with Gasteiger partial charge >= 0.3 is 0 Å². The smallest absolute Gasteiger partial charge is 0.239 e. The van der Waals surface area contributed by atoms with Crippen LogP contribution in [0.1, 0.15) is 12.5 Å². The number of likely N-dealkylation sites (N-methyl/N-ethyl adjacent to an activating group) is 2. The molecule has 0 radical (unpaired) electrons. The van der Waals surface area contributed by atoms with Crippen molar-refractivity contribution in [2.24, 2.45) is 5.73 Å². The molecule has 31 heavy (non-hydrogen) atoms. The minimum Gasteiger partial charge on any atom is -0.437 e. The fraction of sp³-hybridized carbons (Fsp3) is 0.292. The van der Waals surface area contributed by atoms with E-state index >= 15 is 0 Å². The Balaban J connectivity index is 1.63. The lowest BCUT2D eigenvalue weighted by Crippen LogP contribution is -2.33. The minimum absolute atomic E-state index is 0.0338. The van der Waals surface area contributed by atoms with Crippen molar-refractivity contribution in [1.29, 1.82) is 0 Å². The zero-order valence-electron chi connectivity index (χ0n) is 18.3. The van der Waals surface area contributed by atoms with Crippen LogP contribution in [0, 0.1) is 0 Å². The van der Waals surface area contributed by atoms with Crippen LogP contribution < -0.4 is 15.4 Å². The summed E-state index contributed by atoms with van der Waals surface area (Å²) in [5, 5.41) is 0. The van der Waals surface area contributed by atoms with E-state index in [4.69, 9.17) is 10.5 Å². The maximum absolute atomic E-state index is 11.4. The first-order valence-electron chi connectivity index (χ1n) is 10.3. The van der Waals surface area contributed by atoms with Crippen LogP contribution in [-0.2, 0) is 11.2 Å². The molecule has 3 rings (SSSR count). The van der Waals surface area contributed by atoms with Gasteiger partial charge in [0.15, 0.2) is 5.82 Å². The van der Waals surface area contributed by atoms with Crippen LogP contribution in [0.25, 0.3) is 11.1 Å². The molecule has 162 valence electrons. The number of nitrogens with two attached hydrogens (primary N) is 1. The molecule has 0 unspecified atom stereocenters. The number of ether oxygens (including phenoxy) is 1. The minimum atomic E-state index is 0.0338. The topological polar surface area (TPSA) is 84.6 Å². The first-order valence-corrected chi connectivity index (χ1v) is 10.3. The van der Waals surface area contributed by atoms with E-state index in [1.807, 2.05) is 36.2 Å². The molecule has 0 aliphatic heterocycles. The second kappa shape index (κ2) is 10.5. The highest BCUT2D eigenvalue weighted by Gasteiger charge is 2.09. The number of aromatic nitrogens is 2. The highest BCUT2D eigenvalue weighted by Crippen LogP contribution is 2.26. The normalized spacial score (nSPS) is 10.6. The highest BCUT2D eigenvalue weighted by molar-refractivity contribution is 5.72. The number of hydrogen-bond donors (Lipinski definition) is 1. The predicted molar refractivity (Wildman–Crippen MR) is 123 cm³/mol. The molecule has 1 amide bonds. The molecular formula is C24H29N5O2. The number of hydrogen-bond acceptors (Lipinski definition) is 6. The van der Waals surface area contributed by atoms with Crippen molar-refractivity contribution in [2.45, 2.75) is 13.3 Å². The first kappa shape index (κ1) is 22.2. The molecule has 0 saturated carbocycles. The molecule has 0 aliphatic carbocycles. The van der Waals surface area contributed by atoms with Crippen LogP contribution >= 0.6 is 0 Å². The van der Waals surface area contributed by atoms with Gasteiger partial charge in [-0.2, -0.15) is 4.98 Å². The summed E-state index contributed by atoms with van der Waals surface area (Å²) in [7, 11) is 3.69. The van der Waals surface area contributed by atoms with Gasteiger partial charge < -0.3 is 20.3 Å². The number of carbonyl (C=O) groups excluding carboxylic acids is 1. The molecule has 0 atom stereocenters. The molecular weight excluding hydrogens is 390 g/mol. The lowest BCUT2D eigenvalue weighted by Gasteiger charge is -2.22. The van der Waals surface area contributed by atoms with Crippen molar-refractivity contribution in [2.75, 3.05) is 38.6 Å². The van der Waals surface area contributed by atoms with E-state index in [-0.39, 0.29) is 5.91 Å². The molecule has 0 aliphatic rings. The van der Waals surface area contributed by atoms with Gasteiger partial charge in [-0.15, -0.1) is 0 Å². The molecule has 1 heterocycles. The summed E-state index contributed by atoms with van der Waals surface area (Å²) in [5.41, 5.74) is 9.11. The fourth-order valence-corrected chi connectivity index (χ4v) is 3.01. The Morgan fingerprint density at radius 2 is 1.61 bits per heavy atom. The molecule has 0 spiro atoms. The Morgan fingerprint density at radius 1 is 0.968 bits per heavy atom. The number of anilines is 1. The third kappa shape index (κ3) is 6.26. The van der Waals surface area contributed by atoms with Gasteiger partial charge in [0.1, 0.15) is 5.75 Å². The quantitative estimate of drug-likeness (QED) is 0.573. The van der Waals surface area contributed by atoms with E-state index in [9.17, 15) is 4.79 Å². The van der Waals surface area contributed by atoms with Crippen LogP contribution in [0.4, 0.5) is 5.82 Å². The largest absolute Gasteiger partial charge is 0.437 e. The third-order valence-electron chi connectivity index (χ3n) is 5.10. The average Bonchev–Trinajstić information content (AvgIpc) is 2.78. The van der Waals surface area contributed by atoms with Gasteiger partial charge in [0.05, 0.1) is 12.4 Å². The van der Waals surface area contributed by atoms with Crippen molar-refractivity contribution in [3.05, 3.63) is 66.5 Å². The van der Waals surface area contributed by atoms with E-state index in [2.05, 4.69) is 34.2 Å². The zero-order chi connectivity index (χ0) is 22.2. The van der Waals surface area contributed by atoms with Crippen LogP contribution in [0.15, 0.2) is 60.9 Å². The molecule has 7 heteroatoms. The van der Waals surface area contributed by atoms with E-state index in [0.717, 1.165) is 17.5 Å². The summed E-state index contributed by atoms with van der Waals surface area (Å²) < 4.78 is 5.90. The Labute approximate surface area is 183 Å². The maximum Gasteiger partial charge on any atom is 0.239 e. The second-order valence-electron chi connectivity index (χ2n) is 7.44. The number of amides is 1. The fourth-order valence-electron chi connectivity index (χ4n) is 3.01. The predicted octanol–water partition coefficient (Wildman–Crippen LogP) is 3.35. The Bertz CT molecular complexity index is 990. The third-order valence-corrected chi connectivity index (χ3v) is 5.10. The van der Waals surface area contributed by atoms with Crippen molar-refractivity contribution >= 4 is 11.7 Å². The van der Waals surface area contributed by atoms with Gasteiger partial charge in [0.2, 0.25) is 11.8 Å². The Hall–Kier alpha value is -3.45. The summed E-state index contributed by atoms with van der Waals surface area (Å²) in [4.78, 5) is 23.7. The number of benzene rings is 2. The van der Waals surface area contributed by atoms with Crippen LogP contribution in [-0.4, -0.2) is 54.5 Å². The number of rotatable bonds is 9. The molecule has 0 fully saturated rings. The summed E-state index contributed by atoms with van der Waals surface area (Å²) in [5.74, 6) is 1.83. The van der Waals surface area contributed by atoms with Crippen LogP contribution in [0.2, 0.25) is 0 Å². The maximum atomic E-state index is 11.4. The summed E-state index contributed by atoms with van der Waals surface area (Å²) in [6.45, 7) is 3.46. The number of carbonyl (C=O) groups is 1. The summed E-state index contributed by atoms with van der Waals surface area (Å²) in [6.07, 6.45) is 4.15. The molecule has 7 nitrogen and oxygen atoms in total. The Morgan fingerprint density at radius 3 is 2.23 bits per heavy atom. The molecule has 2 N–H and O–H groups in total. The standard InChI is InChI=1S/C24H29N5O2/c1-18(30)28(2)14-15-29(3)23-16-26-17-24(27-23)31-22-10-8-21(9-11-22)20-6-4-19(5-7-20)12-13-25/h4-11,16-17H,12-15,25H2,1-3H3. The van der Waals surface area contributed by atoms with Gasteiger partial charge in [0, 0.05) is 34.1 Å². The molecule has 1 aromatic heterocycles. The molecule has 0 saturated heterocycles. The Kier molecular flexibility index (Phi) is 7.56. The first-order chi connectivity index (χ1) is 15.0. The van der Waals surface area contributed by atoms with Crippen LogP contribution in [0.3, 0.4) is 0 Å². The van der Waals surface area contributed by atoms with E-state index in [0.29, 0.717) is 37.1 Å². The van der Waals surface area contributed by atoms with Gasteiger partial charge in [0.25, 0.3) is 0 Å².